The molecule has 0 unspecified atom stereocenters. The molecule has 0 spiro atoms. The first-order valence-electron chi connectivity index (χ1n) is 10.2. The molecular weight excluding hydrogens is 374 g/mol. The summed E-state index contributed by atoms with van der Waals surface area (Å²) in [7, 11) is 0. The maximum Gasteiger partial charge on any atom is 0.0484 e. The first-order valence-corrected chi connectivity index (χ1v) is 10.6. The van der Waals surface area contributed by atoms with Crippen molar-refractivity contribution in [2.75, 3.05) is 0 Å². The molecule has 5 aromatic rings. The van der Waals surface area contributed by atoms with E-state index in [2.05, 4.69) is 47.4 Å². The predicted molar refractivity (Wildman–Crippen MR) is 125 cm³/mol. The molecule has 1 nitrogen and oxygen atoms in total. The molecule has 29 heavy (non-hydrogen) atoms. The first kappa shape index (κ1) is 18.1. The number of rotatable bonds is 0. The molecule has 0 atom stereocenters. The molecule has 0 aliphatic heterocycles. The van der Waals surface area contributed by atoms with Crippen LogP contribution in [0.2, 0.25) is 5.02 Å². The Labute approximate surface area is 176 Å². The number of hydrogen-bond acceptors (Lipinski definition) is 1. The lowest BCUT2D eigenvalue weighted by atomic mass is 9.86. The summed E-state index contributed by atoms with van der Waals surface area (Å²) in [6.45, 7) is 0. The zero-order valence-corrected chi connectivity index (χ0v) is 17.0. The average Bonchev–Trinajstić information content (AvgIpc) is 2.79. The number of aromatic nitrogens is 1. The average molecular weight is 396 g/mol. The molecule has 6 rings (SSSR count). The molecule has 0 radical (unpaired) electrons. The molecule has 1 aliphatic carbocycles. The van der Waals surface area contributed by atoms with Gasteiger partial charge in [-0.25, -0.2) is 0 Å². The Hall–Kier alpha value is -2.90. The lowest BCUT2D eigenvalue weighted by Crippen LogP contribution is -2.03. The van der Waals surface area contributed by atoms with E-state index in [1.54, 1.807) is 11.1 Å². The quantitative estimate of drug-likeness (QED) is 0.244. The van der Waals surface area contributed by atoms with E-state index in [1.807, 2.05) is 42.7 Å². The van der Waals surface area contributed by atoms with Crippen LogP contribution in [-0.4, -0.2) is 4.98 Å². The van der Waals surface area contributed by atoms with Gasteiger partial charge < -0.3 is 0 Å². The van der Waals surface area contributed by atoms with Gasteiger partial charge in [0, 0.05) is 22.8 Å². The highest BCUT2D eigenvalue weighted by molar-refractivity contribution is 6.36. The molecule has 2 heteroatoms. The van der Waals surface area contributed by atoms with Crippen LogP contribution in [0.4, 0.5) is 0 Å². The van der Waals surface area contributed by atoms with E-state index in [4.69, 9.17) is 11.6 Å². The van der Waals surface area contributed by atoms with Crippen molar-refractivity contribution in [1.82, 2.24) is 4.98 Å². The van der Waals surface area contributed by atoms with Crippen LogP contribution < -0.4 is 0 Å². The number of aryl methyl sites for hydroxylation is 2. The van der Waals surface area contributed by atoms with Crippen LogP contribution in [0.3, 0.4) is 0 Å². The van der Waals surface area contributed by atoms with Crippen molar-refractivity contribution in [1.29, 1.82) is 0 Å². The zero-order chi connectivity index (χ0) is 19.6. The second kappa shape index (κ2) is 7.85. The van der Waals surface area contributed by atoms with Gasteiger partial charge in [-0.05, 0) is 75.9 Å². The van der Waals surface area contributed by atoms with Crippen LogP contribution in [0, 0.1) is 0 Å². The van der Waals surface area contributed by atoms with Crippen LogP contribution in [0.15, 0.2) is 85.2 Å². The Morgan fingerprint density at radius 1 is 0.621 bits per heavy atom. The van der Waals surface area contributed by atoms with Gasteiger partial charge in [-0.15, -0.1) is 0 Å². The summed E-state index contributed by atoms with van der Waals surface area (Å²) in [5.74, 6) is 0. The van der Waals surface area contributed by atoms with Gasteiger partial charge in [0.2, 0.25) is 0 Å². The minimum atomic E-state index is 0.845. The molecule has 0 saturated heterocycles. The molecule has 0 amide bonds. The molecule has 0 fully saturated rings. The van der Waals surface area contributed by atoms with Gasteiger partial charge in [0.15, 0.2) is 0 Å². The van der Waals surface area contributed by atoms with Crippen molar-refractivity contribution >= 4 is 43.9 Å². The normalized spacial score (nSPS) is 13.1. The van der Waals surface area contributed by atoms with Crippen molar-refractivity contribution in [3.05, 3.63) is 101 Å². The predicted octanol–water partition coefficient (Wildman–Crippen LogP) is 7.76. The lowest BCUT2D eigenvalue weighted by molar-refractivity contribution is 0.690. The number of pyridine rings is 1. The van der Waals surface area contributed by atoms with E-state index in [0.717, 1.165) is 10.4 Å². The van der Waals surface area contributed by atoms with Crippen LogP contribution >= 0.6 is 11.6 Å². The minimum absolute atomic E-state index is 0.845. The summed E-state index contributed by atoms with van der Waals surface area (Å²) in [4.78, 5) is 4.01. The third-order valence-electron chi connectivity index (χ3n) is 5.89. The summed E-state index contributed by atoms with van der Waals surface area (Å²) in [6.07, 6.45) is 8.78. The van der Waals surface area contributed by atoms with Gasteiger partial charge in [0.25, 0.3) is 0 Å². The SMILES string of the molecule is Clc1cccc2c1ccc1c3c(ccc12)CCCC3.c1ccc2cnccc2c1. The number of fused-ring (bicyclic) bond motifs is 6. The Kier molecular flexibility index (Phi) is 4.91. The molecule has 4 aromatic carbocycles. The van der Waals surface area contributed by atoms with Crippen LogP contribution in [-0.2, 0) is 12.8 Å². The molecular formula is C27H22ClN. The number of benzene rings is 4. The van der Waals surface area contributed by atoms with E-state index in [9.17, 15) is 0 Å². The molecule has 0 bridgehead atoms. The van der Waals surface area contributed by atoms with Crippen molar-refractivity contribution in [2.24, 2.45) is 0 Å². The molecule has 142 valence electrons. The van der Waals surface area contributed by atoms with Gasteiger partial charge in [-0.3, -0.25) is 4.98 Å². The van der Waals surface area contributed by atoms with Crippen LogP contribution in [0.25, 0.3) is 32.3 Å². The topological polar surface area (TPSA) is 12.9 Å². The molecule has 1 aromatic heterocycles. The van der Waals surface area contributed by atoms with E-state index in [1.165, 1.54) is 52.6 Å². The molecule has 1 aliphatic rings. The summed E-state index contributed by atoms with van der Waals surface area (Å²) in [5.41, 5.74) is 3.10. The van der Waals surface area contributed by atoms with Crippen LogP contribution in [0.5, 0.6) is 0 Å². The Morgan fingerprint density at radius 3 is 2.28 bits per heavy atom. The Bertz CT molecular complexity index is 1260. The van der Waals surface area contributed by atoms with E-state index < -0.39 is 0 Å². The van der Waals surface area contributed by atoms with Crippen LogP contribution in [0.1, 0.15) is 24.0 Å². The number of halogens is 1. The van der Waals surface area contributed by atoms with Crippen molar-refractivity contribution in [3.8, 4) is 0 Å². The fourth-order valence-electron chi connectivity index (χ4n) is 4.42. The summed E-state index contributed by atoms with van der Waals surface area (Å²) in [5, 5.41) is 8.50. The highest BCUT2D eigenvalue weighted by Crippen LogP contribution is 2.35. The third kappa shape index (κ3) is 3.47. The van der Waals surface area contributed by atoms with Gasteiger partial charge in [-0.1, -0.05) is 72.3 Å². The third-order valence-corrected chi connectivity index (χ3v) is 6.22. The van der Waals surface area contributed by atoms with E-state index in [-0.39, 0.29) is 0 Å². The minimum Gasteiger partial charge on any atom is -0.264 e. The Morgan fingerprint density at radius 2 is 1.38 bits per heavy atom. The van der Waals surface area contributed by atoms with E-state index in [0.29, 0.717) is 0 Å². The number of hydrogen-bond donors (Lipinski definition) is 0. The smallest absolute Gasteiger partial charge is 0.0484 e. The highest BCUT2D eigenvalue weighted by atomic mass is 35.5. The number of nitrogens with zero attached hydrogens (tertiary/aromatic N) is 1. The van der Waals surface area contributed by atoms with Gasteiger partial charge in [0.1, 0.15) is 0 Å². The monoisotopic (exact) mass is 395 g/mol. The summed E-state index contributed by atoms with van der Waals surface area (Å²) < 4.78 is 0. The maximum absolute atomic E-state index is 6.30. The zero-order valence-electron chi connectivity index (χ0n) is 16.2. The second-order valence-electron chi connectivity index (χ2n) is 7.63. The van der Waals surface area contributed by atoms with Gasteiger partial charge in [-0.2, -0.15) is 0 Å². The fourth-order valence-corrected chi connectivity index (χ4v) is 4.65. The van der Waals surface area contributed by atoms with E-state index >= 15 is 0 Å². The van der Waals surface area contributed by atoms with Gasteiger partial charge in [0.05, 0.1) is 0 Å². The second-order valence-corrected chi connectivity index (χ2v) is 8.04. The summed E-state index contributed by atoms with van der Waals surface area (Å²) >= 11 is 6.30. The highest BCUT2D eigenvalue weighted by Gasteiger charge is 2.13. The Balaban J connectivity index is 0.000000153. The maximum atomic E-state index is 6.30. The van der Waals surface area contributed by atoms with Crippen molar-refractivity contribution in [3.63, 3.8) is 0 Å². The fraction of sp³-hybridized carbons (Fsp3) is 0.148. The van der Waals surface area contributed by atoms with Gasteiger partial charge >= 0.3 is 0 Å². The summed E-state index contributed by atoms with van der Waals surface area (Å²) in [6, 6.07) is 25.4. The van der Waals surface area contributed by atoms with Crippen molar-refractivity contribution in [2.45, 2.75) is 25.7 Å². The standard InChI is InChI=1S/C18H15Cl.C9H7N/c19-18-7-3-6-14-16-9-8-12-4-1-2-5-13(12)15(16)10-11-17(14)18;1-2-4-9-7-10-6-5-8(9)3-1/h3,6-11H,1-2,4-5H2;1-7H. The largest absolute Gasteiger partial charge is 0.264 e. The molecule has 0 N–H and O–H groups in total. The molecule has 1 heterocycles. The van der Waals surface area contributed by atoms with Crippen molar-refractivity contribution < 1.29 is 0 Å². The molecule has 0 saturated carbocycles. The lowest BCUT2D eigenvalue weighted by Gasteiger charge is -2.18. The first-order chi connectivity index (χ1) is 14.3.